The number of carbonyl (C=O) groups excluding carboxylic acids is 1. The molecule has 0 aliphatic carbocycles. The van der Waals surface area contributed by atoms with E-state index in [0.717, 1.165) is 0 Å². The van der Waals surface area contributed by atoms with Crippen molar-refractivity contribution in [2.75, 3.05) is 6.61 Å². The highest BCUT2D eigenvalue weighted by molar-refractivity contribution is 14.1. The standard InChI is InChI=1S/C16H13IO2/c17-15-14(10-19-16(15)18)13-8-4-7-12(9-13)11-5-2-1-3-6-11/h1-9,14-15H,10H2. The van der Waals surface area contributed by atoms with E-state index in [1.54, 1.807) is 0 Å². The van der Waals surface area contributed by atoms with Crippen LogP contribution in [0.4, 0.5) is 0 Å². The molecule has 2 aromatic carbocycles. The van der Waals surface area contributed by atoms with Gasteiger partial charge in [-0.25, -0.2) is 0 Å². The van der Waals surface area contributed by atoms with Crippen LogP contribution in [-0.2, 0) is 9.53 Å². The molecule has 1 aliphatic rings. The molecular weight excluding hydrogens is 351 g/mol. The van der Waals surface area contributed by atoms with Crippen molar-refractivity contribution in [2.24, 2.45) is 0 Å². The summed E-state index contributed by atoms with van der Waals surface area (Å²) in [5.41, 5.74) is 3.55. The Kier molecular flexibility index (Phi) is 3.55. The van der Waals surface area contributed by atoms with Crippen molar-refractivity contribution < 1.29 is 9.53 Å². The lowest BCUT2D eigenvalue weighted by Crippen LogP contribution is -2.13. The molecule has 1 saturated heterocycles. The van der Waals surface area contributed by atoms with Crippen LogP contribution in [0.15, 0.2) is 54.6 Å². The van der Waals surface area contributed by atoms with Gasteiger partial charge in [-0.1, -0.05) is 77.2 Å². The van der Waals surface area contributed by atoms with Gasteiger partial charge in [0.15, 0.2) is 0 Å². The molecule has 3 heteroatoms. The summed E-state index contributed by atoms with van der Waals surface area (Å²) >= 11 is 2.18. The number of rotatable bonds is 2. The minimum Gasteiger partial charge on any atom is -0.464 e. The zero-order chi connectivity index (χ0) is 13.2. The minimum absolute atomic E-state index is 0.0800. The largest absolute Gasteiger partial charge is 0.464 e. The Bertz CT molecular complexity index is 595. The number of alkyl halides is 1. The fourth-order valence-corrected chi connectivity index (χ4v) is 3.15. The first-order chi connectivity index (χ1) is 9.25. The van der Waals surface area contributed by atoms with E-state index in [2.05, 4.69) is 52.9 Å². The third kappa shape index (κ3) is 2.52. The third-order valence-electron chi connectivity index (χ3n) is 3.41. The van der Waals surface area contributed by atoms with Crippen LogP contribution < -0.4 is 0 Å². The SMILES string of the molecule is O=C1OCC(c2cccc(-c3ccccc3)c2)C1I. The topological polar surface area (TPSA) is 26.3 Å². The van der Waals surface area contributed by atoms with Crippen molar-refractivity contribution in [1.29, 1.82) is 0 Å². The molecule has 0 aromatic heterocycles. The molecule has 2 aromatic rings. The lowest BCUT2D eigenvalue weighted by atomic mass is 9.94. The second-order valence-corrected chi connectivity index (χ2v) is 5.97. The van der Waals surface area contributed by atoms with Crippen LogP contribution in [0.1, 0.15) is 11.5 Å². The van der Waals surface area contributed by atoms with Gasteiger partial charge < -0.3 is 4.74 Å². The van der Waals surface area contributed by atoms with Crippen LogP contribution in [0, 0.1) is 0 Å². The molecule has 0 bridgehead atoms. The first-order valence-electron chi connectivity index (χ1n) is 6.22. The highest BCUT2D eigenvalue weighted by Gasteiger charge is 2.35. The number of benzene rings is 2. The van der Waals surface area contributed by atoms with Crippen LogP contribution in [0.2, 0.25) is 0 Å². The van der Waals surface area contributed by atoms with E-state index < -0.39 is 0 Å². The molecule has 3 rings (SSSR count). The monoisotopic (exact) mass is 364 g/mol. The molecule has 1 heterocycles. The van der Waals surface area contributed by atoms with Gasteiger partial charge in [-0.15, -0.1) is 0 Å². The molecule has 2 atom stereocenters. The Morgan fingerprint density at radius 3 is 2.42 bits per heavy atom. The van der Waals surface area contributed by atoms with Crippen molar-refractivity contribution in [1.82, 2.24) is 0 Å². The van der Waals surface area contributed by atoms with Gasteiger partial charge in [0.25, 0.3) is 0 Å². The first-order valence-corrected chi connectivity index (χ1v) is 7.46. The molecule has 2 unspecified atom stereocenters. The van der Waals surface area contributed by atoms with Gasteiger partial charge in [-0.3, -0.25) is 4.79 Å². The summed E-state index contributed by atoms with van der Waals surface area (Å²) < 4.78 is 5.05. The zero-order valence-corrected chi connectivity index (χ0v) is 12.4. The van der Waals surface area contributed by atoms with Gasteiger partial charge in [-0.2, -0.15) is 0 Å². The number of esters is 1. The predicted octanol–water partition coefficient (Wildman–Crippen LogP) is 3.80. The Morgan fingerprint density at radius 2 is 1.74 bits per heavy atom. The molecule has 19 heavy (non-hydrogen) atoms. The van der Waals surface area contributed by atoms with Gasteiger partial charge >= 0.3 is 5.97 Å². The maximum atomic E-state index is 11.5. The van der Waals surface area contributed by atoms with Crippen molar-refractivity contribution in [3.8, 4) is 11.1 Å². The van der Waals surface area contributed by atoms with E-state index in [0.29, 0.717) is 6.61 Å². The predicted molar refractivity (Wildman–Crippen MR) is 83.4 cm³/mol. The lowest BCUT2D eigenvalue weighted by molar-refractivity contribution is -0.137. The molecule has 0 saturated carbocycles. The van der Waals surface area contributed by atoms with E-state index in [4.69, 9.17) is 4.74 Å². The molecule has 1 fully saturated rings. The summed E-state index contributed by atoms with van der Waals surface area (Å²) in [5, 5.41) is 0. The number of ether oxygens (including phenoxy) is 1. The molecule has 0 amide bonds. The summed E-state index contributed by atoms with van der Waals surface area (Å²) in [6.07, 6.45) is 0. The summed E-state index contributed by atoms with van der Waals surface area (Å²) in [6, 6.07) is 18.6. The Hall–Kier alpha value is -1.36. The van der Waals surface area contributed by atoms with Gasteiger partial charge in [0.05, 0.1) is 6.61 Å². The minimum atomic E-state index is -0.101. The molecule has 1 aliphatic heterocycles. The quantitative estimate of drug-likeness (QED) is 0.460. The summed E-state index contributed by atoms with van der Waals surface area (Å²) in [4.78, 5) is 11.5. The average Bonchev–Trinajstić information content (AvgIpc) is 2.80. The molecule has 2 nitrogen and oxygen atoms in total. The summed E-state index contributed by atoms with van der Waals surface area (Å²) in [7, 11) is 0. The van der Waals surface area contributed by atoms with Crippen molar-refractivity contribution in [2.45, 2.75) is 9.84 Å². The number of hydrogen-bond acceptors (Lipinski definition) is 2. The Labute approximate surface area is 125 Å². The molecule has 96 valence electrons. The van der Waals surface area contributed by atoms with Crippen LogP contribution in [-0.4, -0.2) is 16.5 Å². The summed E-state index contributed by atoms with van der Waals surface area (Å²) in [5.74, 6) is 0.0625. The highest BCUT2D eigenvalue weighted by Crippen LogP contribution is 2.33. The Balaban J connectivity index is 1.95. The number of hydrogen-bond donors (Lipinski definition) is 0. The van der Waals surface area contributed by atoms with E-state index in [1.165, 1.54) is 16.7 Å². The van der Waals surface area contributed by atoms with Crippen LogP contribution in [0.3, 0.4) is 0 Å². The van der Waals surface area contributed by atoms with Crippen LogP contribution >= 0.6 is 22.6 Å². The number of cyclic esters (lactones) is 1. The van der Waals surface area contributed by atoms with Gasteiger partial charge in [0.1, 0.15) is 3.92 Å². The van der Waals surface area contributed by atoms with Crippen molar-refractivity contribution in [3.63, 3.8) is 0 Å². The average molecular weight is 364 g/mol. The van der Waals surface area contributed by atoms with Gasteiger partial charge in [0, 0.05) is 5.92 Å². The maximum Gasteiger partial charge on any atom is 0.319 e. The fraction of sp³-hybridized carbons (Fsp3) is 0.188. The van der Waals surface area contributed by atoms with Crippen LogP contribution in [0.25, 0.3) is 11.1 Å². The summed E-state index contributed by atoms with van der Waals surface area (Å²) in [6.45, 7) is 0.491. The Morgan fingerprint density at radius 1 is 1.00 bits per heavy atom. The van der Waals surface area contributed by atoms with E-state index in [1.807, 2.05) is 24.3 Å². The molecule has 0 radical (unpaired) electrons. The number of halogens is 1. The smallest absolute Gasteiger partial charge is 0.319 e. The third-order valence-corrected chi connectivity index (χ3v) is 4.78. The zero-order valence-electron chi connectivity index (χ0n) is 10.3. The molecular formula is C16H13IO2. The molecule has 0 spiro atoms. The lowest BCUT2D eigenvalue weighted by Gasteiger charge is -2.12. The number of carbonyl (C=O) groups is 1. The van der Waals surface area contributed by atoms with Gasteiger partial charge in [-0.05, 0) is 16.7 Å². The van der Waals surface area contributed by atoms with E-state index in [9.17, 15) is 4.79 Å². The van der Waals surface area contributed by atoms with E-state index in [-0.39, 0.29) is 15.8 Å². The first kappa shape index (κ1) is 12.7. The van der Waals surface area contributed by atoms with Gasteiger partial charge in [0.2, 0.25) is 0 Å². The van der Waals surface area contributed by atoms with E-state index >= 15 is 0 Å². The normalized spacial score (nSPS) is 22.3. The van der Waals surface area contributed by atoms with Crippen LogP contribution in [0.5, 0.6) is 0 Å². The highest BCUT2D eigenvalue weighted by atomic mass is 127. The van der Waals surface area contributed by atoms with Crippen molar-refractivity contribution in [3.05, 3.63) is 60.2 Å². The maximum absolute atomic E-state index is 11.5. The second-order valence-electron chi connectivity index (χ2n) is 4.63. The second kappa shape index (κ2) is 5.33. The molecule has 0 N–H and O–H groups in total. The van der Waals surface area contributed by atoms with Crippen molar-refractivity contribution >= 4 is 28.6 Å². The fourth-order valence-electron chi connectivity index (χ4n) is 2.34.